The number of urea groups is 1. The molecule has 158 valence electrons. The summed E-state index contributed by atoms with van der Waals surface area (Å²) in [4.78, 5) is 43.1. The van der Waals surface area contributed by atoms with Crippen molar-refractivity contribution in [2.75, 3.05) is 42.9 Å². The summed E-state index contributed by atoms with van der Waals surface area (Å²) >= 11 is 0. The first kappa shape index (κ1) is 21.0. The molecule has 1 saturated heterocycles. The molecule has 0 saturated carbocycles. The Labute approximate surface area is 174 Å². The highest BCUT2D eigenvalue weighted by Crippen LogP contribution is 2.21. The highest BCUT2D eigenvalue weighted by molar-refractivity contribution is 5.90. The minimum absolute atomic E-state index is 0.0255. The zero-order chi connectivity index (χ0) is 21.5. The maximum atomic E-state index is 12.4. The SMILES string of the molecule is Cc1ccc([N+](=O)[O-])cc1NC(=O)NCCC(=O)N1CCN(c2ccccn2)CC1. The second-order valence-electron chi connectivity index (χ2n) is 6.94. The van der Waals surface area contributed by atoms with Gasteiger partial charge in [0.25, 0.3) is 5.69 Å². The summed E-state index contributed by atoms with van der Waals surface area (Å²) < 4.78 is 0. The summed E-state index contributed by atoms with van der Waals surface area (Å²) in [6.07, 6.45) is 1.93. The van der Waals surface area contributed by atoms with Crippen LogP contribution in [0.3, 0.4) is 0 Å². The monoisotopic (exact) mass is 412 g/mol. The number of nitrogens with zero attached hydrogens (tertiary/aromatic N) is 4. The summed E-state index contributed by atoms with van der Waals surface area (Å²) in [5.41, 5.74) is 0.965. The number of carbonyl (C=O) groups excluding carboxylic acids is 2. The van der Waals surface area contributed by atoms with Gasteiger partial charge in [0.05, 0.1) is 10.6 Å². The van der Waals surface area contributed by atoms with E-state index in [2.05, 4.69) is 20.5 Å². The number of carbonyl (C=O) groups is 2. The highest BCUT2D eigenvalue weighted by Gasteiger charge is 2.21. The Kier molecular flexibility index (Phi) is 6.79. The second-order valence-corrected chi connectivity index (χ2v) is 6.94. The molecule has 30 heavy (non-hydrogen) atoms. The molecule has 10 nitrogen and oxygen atoms in total. The van der Waals surface area contributed by atoms with E-state index >= 15 is 0 Å². The van der Waals surface area contributed by atoms with Crippen molar-refractivity contribution in [3.8, 4) is 0 Å². The number of anilines is 2. The third-order valence-electron chi connectivity index (χ3n) is 4.91. The molecule has 10 heteroatoms. The van der Waals surface area contributed by atoms with Crippen LogP contribution in [0.1, 0.15) is 12.0 Å². The van der Waals surface area contributed by atoms with Crippen LogP contribution in [-0.2, 0) is 4.79 Å². The summed E-state index contributed by atoms with van der Waals surface area (Å²) in [6, 6.07) is 9.50. The lowest BCUT2D eigenvalue weighted by Gasteiger charge is -2.35. The standard InChI is InChI=1S/C20H24N6O4/c1-15-5-6-16(26(29)30)14-17(15)23-20(28)22-9-7-19(27)25-12-10-24(11-13-25)18-4-2-3-8-21-18/h2-6,8,14H,7,9-13H2,1H3,(H2,22,23,28). The largest absolute Gasteiger partial charge is 0.353 e. The van der Waals surface area contributed by atoms with E-state index in [-0.39, 0.29) is 24.6 Å². The predicted octanol–water partition coefficient (Wildman–Crippen LogP) is 2.16. The number of aryl methyl sites for hydroxylation is 1. The van der Waals surface area contributed by atoms with Gasteiger partial charge in [-0.15, -0.1) is 0 Å². The molecule has 2 heterocycles. The molecule has 3 rings (SSSR count). The molecule has 0 radical (unpaired) electrons. The summed E-state index contributed by atoms with van der Waals surface area (Å²) in [6.45, 7) is 4.56. The maximum absolute atomic E-state index is 12.4. The number of pyridine rings is 1. The van der Waals surface area contributed by atoms with Crippen molar-refractivity contribution < 1.29 is 14.5 Å². The molecule has 1 fully saturated rings. The van der Waals surface area contributed by atoms with Gasteiger partial charge in [0.1, 0.15) is 5.82 Å². The van der Waals surface area contributed by atoms with Gasteiger partial charge in [-0.05, 0) is 24.6 Å². The normalized spacial score (nSPS) is 13.6. The number of piperazine rings is 1. The van der Waals surface area contributed by atoms with Gasteiger partial charge in [0.15, 0.2) is 0 Å². The Balaban J connectivity index is 1.41. The van der Waals surface area contributed by atoms with Crippen molar-refractivity contribution in [3.63, 3.8) is 0 Å². The molecule has 1 aromatic carbocycles. The van der Waals surface area contributed by atoms with Crippen LogP contribution < -0.4 is 15.5 Å². The molecule has 1 aromatic heterocycles. The van der Waals surface area contributed by atoms with E-state index in [1.807, 2.05) is 18.2 Å². The highest BCUT2D eigenvalue weighted by atomic mass is 16.6. The summed E-state index contributed by atoms with van der Waals surface area (Å²) in [7, 11) is 0. The fraction of sp³-hybridized carbons (Fsp3) is 0.350. The first-order valence-electron chi connectivity index (χ1n) is 9.67. The Morgan fingerprint density at radius 3 is 2.60 bits per heavy atom. The van der Waals surface area contributed by atoms with Gasteiger partial charge in [0, 0.05) is 57.5 Å². The second kappa shape index (κ2) is 9.68. The molecule has 2 aromatic rings. The van der Waals surface area contributed by atoms with Crippen molar-refractivity contribution in [1.29, 1.82) is 0 Å². The molecular weight excluding hydrogens is 388 g/mol. The van der Waals surface area contributed by atoms with E-state index < -0.39 is 11.0 Å². The third kappa shape index (κ3) is 5.43. The van der Waals surface area contributed by atoms with Crippen molar-refractivity contribution >= 4 is 29.1 Å². The van der Waals surface area contributed by atoms with Crippen LogP contribution in [0.5, 0.6) is 0 Å². The Morgan fingerprint density at radius 1 is 1.17 bits per heavy atom. The fourth-order valence-corrected chi connectivity index (χ4v) is 3.19. The van der Waals surface area contributed by atoms with Crippen LogP contribution in [-0.4, -0.2) is 59.5 Å². The van der Waals surface area contributed by atoms with E-state index in [9.17, 15) is 19.7 Å². The average molecular weight is 412 g/mol. The first-order chi connectivity index (χ1) is 14.4. The van der Waals surface area contributed by atoms with E-state index in [1.54, 1.807) is 24.1 Å². The molecular formula is C20H24N6O4. The van der Waals surface area contributed by atoms with Crippen molar-refractivity contribution in [1.82, 2.24) is 15.2 Å². The molecule has 0 aliphatic carbocycles. The number of non-ortho nitro benzene ring substituents is 1. The van der Waals surface area contributed by atoms with Crippen molar-refractivity contribution in [3.05, 3.63) is 58.3 Å². The topological polar surface area (TPSA) is 121 Å². The Morgan fingerprint density at radius 2 is 1.93 bits per heavy atom. The van der Waals surface area contributed by atoms with E-state index in [0.717, 1.165) is 5.82 Å². The maximum Gasteiger partial charge on any atom is 0.319 e. The lowest BCUT2D eigenvalue weighted by Crippen LogP contribution is -2.49. The predicted molar refractivity (Wildman–Crippen MR) is 113 cm³/mol. The third-order valence-corrected chi connectivity index (χ3v) is 4.91. The minimum Gasteiger partial charge on any atom is -0.353 e. The lowest BCUT2D eigenvalue weighted by atomic mass is 10.2. The lowest BCUT2D eigenvalue weighted by molar-refractivity contribution is -0.384. The van der Waals surface area contributed by atoms with Crippen LogP contribution in [0.2, 0.25) is 0 Å². The first-order valence-corrected chi connectivity index (χ1v) is 9.67. The number of nitro groups is 1. The average Bonchev–Trinajstić information content (AvgIpc) is 2.75. The van der Waals surface area contributed by atoms with E-state index in [1.165, 1.54) is 12.1 Å². The van der Waals surface area contributed by atoms with Gasteiger partial charge in [-0.25, -0.2) is 9.78 Å². The van der Waals surface area contributed by atoms with Crippen molar-refractivity contribution in [2.45, 2.75) is 13.3 Å². The quantitative estimate of drug-likeness (QED) is 0.554. The number of aromatic nitrogens is 1. The summed E-state index contributed by atoms with van der Waals surface area (Å²) in [5.74, 6) is 0.877. The minimum atomic E-state index is -0.519. The van der Waals surface area contributed by atoms with Crippen LogP contribution in [0.4, 0.5) is 22.0 Å². The molecule has 0 unspecified atom stereocenters. The zero-order valence-corrected chi connectivity index (χ0v) is 16.7. The number of hydrogen-bond donors (Lipinski definition) is 2. The van der Waals surface area contributed by atoms with Gasteiger partial charge in [-0.3, -0.25) is 14.9 Å². The molecule has 1 aliphatic heterocycles. The van der Waals surface area contributed by atoms with Gasteiger partial charge >= 0.3 is 6.03 Å². The molecule has 2 N–H and O–H groups in total. The van der Waals surface area contributed by atoms with Gasteiger partial charge < -0.3 is 20.4 Å². The number of hydrogen-bond acceptors (Lipinski definition) is 6. The number of nitro benzene ring substituents is 1. The number of amides is 3. The molecule has 0 atom stereocenters. The smallest absolute Gasteiger partial charge is 0.319 e. The molecule has 1 aliphatic rings. The van der Waals surface area contributed by atoms with Crippen LogP contribution in [0, 0.1) is 17.0 Å². The van der Waals surface area contributed by atoms with Gasteiger partial charge in [-0.2, -0.15) is 0 Å². The van der Waals surface area contributed by atoms with Gasteiger partial charge in [-0.1, -0.05) is 12.1 Å². The Hall–Kier alpha value is -3.69. The molecule has 0 spiro atoms. The molecule has 0 bridgehead atoms. The fourth-order valence-electron chi connectivity index (χ4n) is 3.19. The van der Waals surface area contributed by atoms with E-state index in [0.29, 0.717) is 37.4 Å². The number of rotatable bonds is 6. The van der Waals surface area contributed by atoms with Crippen LogP contribution in [0.25, 0.3) is 0 Å². The Bertz CT molecular complexity index is 913. The molecule has 3 amide bonds. The van der Waals surface area contributed by atoms with Gasteiger partial charge in [0.2, 0.25) is 5.91 Å². The van der Waals surface area contributed by atoms with Crippen molar-refractivity contribution in [2.24, 2.45) is 0 Å². The summed E-state index contributed by atoms with van der Waals surface area (Å²) in [5, 5.41) is 16.1. The number of nitrogens with one attached hydrogen (secondary N) is 2. The van der Waals surface area contributed by atoms with E-state index in [4.69, 9.17) is 0 Å². The van der Waals surface area contributed by atoms with Crippen LogP contribution >= 0.6 is 0 Å². The zero-order valence-electron chi connectivity index (χ0n) is 16.7. The van der Waals surface area contributed by atoms with Crippen LogP contribution in [0.15, 0.2) is 42.6 Å². The number of benzene rings is 1.